The van der Waals surface area contributed by atoms with Crippen molar-refractivity contribution < 1.29 is 5.11 Å². The van der Waals surface area contributed by atoms with Gasteiger partial charge in [-0.2, -0.15) is 0 Å². The second kappa shape index (κ2) is 2.77. The van der Waals surface area contributed by atoms with Gasteiger partial charge in [0, 0.05) is 16.6 Å². The monoisotopic (exact) mass is 179 g/mol. The van der Waals surface area contributed by atoms with Gasteiger partial charge in [0.15, 0.2) is 0 Å². The molecule has 2 rings (SSSR count). The zero-order valence-corrected chi connectivity index (χ0v) is 7.27. The molecule has 0 aliphatic rings. The first-order valence-electron chi connectivity index (χ1n) is 3.70. The van der Waals surface area contributed by atoms with E-state index in [-0.39, 0.29) is 0 Å². The highest BCUT2D eigenvalue weighted by molar-refractivity contribution is 7.17. The maximum atomic E-state index is 9.23. The van der Waals surface area contributed by atoms with Crippen molar-refractivity contribution in [2.45, 2.75) is 6.54 Å². The topological polar surface area (TPSA) is 46.2 Å². The standard InChI is InChI=1S/C9H9NOS/c10-4-6-5-12-9-2-1-7(11)3-8(6)9/h1-3,5,11H,4,10H2. The molecule has 0 radical (unpaired) electrons. The number of fused-ring (bicyclic) bond motifs is 1. The lowest BCUT2D eigenvalue weighted by molar-refractivity contribution is 0.476. The minimum Gasteiger partial charge on any atom is -0.508 e. The van der Waals surface area contributed by atoms with E-state index < -0.39 is 0 Å². The Morgan fingerprint density at radius 3 is 3.00 bits per heavy atom. The molecule has 1 heterocycles. The molecular formula is C9H9NOS. The SMILES string of the molecule is NCc1csc2ccc(O)cc12. The van der Waals surface area contributed by atoms with E-state index in [1.807, 2.05) is 11.4 Å². The van der Waals surface area contributed by atoms with Gasteiger partial charge in [0.25, 0.3) is 0 Å². The third kappa shape index (κ3) is 1.07. The second-order valence-electron chi connectivity index (χ2n) is 2.65. The van der Waals surface area contributed by atoms with E-state index in [0.717, 1.165) is 10.9 Å². The van der Waals surface area contributed by atoms with Crippen LogP contribution in [0.25, 0.3) is 10.1 Å². The molecule has 0 aliphatic heterocycles. The van der Waals surface area contributed by atoms with Crippen LogP contribution in [0.3, 0.4) is 0 Å². The molecule has 0 atom stereocenters. The van der Waals surface area contributed by atoms with Crippen LogP contribution < -0.4 is 5.73 Å². The zero-order chi connectivity index (χ0) is 8.55. The van der Waals surface area contributed by atoms with Crippen molar-refractivity contribution in [1.82, 2.24) is 0 Å². The molecule has 12 heavy (non-hydrogen) atoms. The van der Waals surface area contributed by atoms with Crippen LogP contribution in [0, 0.1) is 0 Å². The highest BCUT2D eigenvalue weighted by Crippen LogP contribution is 2.28. The molecule has 0 unspecified atom stereocenters. The van der Waals surface area contributed by atoms with Crippen molar-refractivity contribution in [3.63, 3.8) is 0 Å². The van der Waals surface area contributed by atoms with E-state index in [0.29, 0.717) is 12.3 Å². The van der Waals surface area contributed by atoms with Gasteiger partial charge in [-0.05, 0) is 29.1 Å². The summed E-state index contributed by atoms with van der Waals surface area (Å²) in [5.74, 6) is 0.301. The third-order valence-electron chi connectivity index (χ3n) is 1.86. The van der Waals surface area contributed by atoms with Gasteiger partial charge in [0.1, 0.15) is 5.75 Å². The van der Waals surface area contributed by atoms with Crippen LogP contribution in [-0.4, -0.2) is 5.11 Å². The van der Waals surface area contributed by atoms with E-state index in [2.05, 4.69) is 0 Å². The van der Waals surface area contributed by atoms with Crippen LogP contribution in [-0.2, 0) is 6.54 Å². The predicted molar refractivity (Wildman–Crippen MR) is 51.4 cm³/mol. The normalized spacial score (nSPS) is 10.8. The van der Waals surface area contributed by atoms with Gasteiger partial charge < -0.3 is 10.8 Å². The van der Waals surface area contributed by atoms with Gasteiger partial charge in [-0.1, -0.05) is 0 Å². The Labute approximate surface area is 74.3 Å². The first-order valence-corrected chi connectivity index (χ1v) is 4.58. The van der Waals surface area contributed by atoms with Crippen LogP contribution in [0.1, 0.15) is 5.56 Å². The number of rotatable bonds is 1. The summed E-state index contributed by atoms with van der Waals surface area (Å²) in [6, 6.07) is 5.36. The van der Waals surface area contributed by atoms with Crippen LogP contribution in [0.15, 0.2) is 23.6 Å². The fraction of sp³-hybridized carbons (Fsp3) is 0.111. The molecule has 0 saturated heterocycles. The average Bonchev–Trinajstić information content (AvgIpc) is 2.46. The number of aromatic hydroxyl groups is 1. The second-order valence-corrected chi connectivity index (χ2v) is 3.56. The molecule has 0 saturated carbocycles. The molecule has 2 aromatic rings. The molecular weight excluding hydrogens is 170 g/mol. The van der Waals surface area contributed by atoms with Gasteiger partial charge in [-0.15, -0.1) is 11.3 Å². The quantitative estimate of drug-likeness (QED) is 0.704. The Balaban J connectivity index is 2.75. The number of thiophene rings is 1. The highest BCUT2D eigenvalue weighted by Gasteiger charge is 2.02. The zero-order valence-electron chi connectivity index (χ0n) is 6.45. The molecule has 3 heteroatoms. The summed E-state index contributed by atoms with van der Waals surface area (Å²) in [6.07, 6.45) is 0. The lowest BCUT2D eigenvalue weighted by Crippen LogP contribution is -1.93. The van der Waals surface area contributed by atoms with Crippen LogP contribution in [0.5, 0.6) is 5.75 Å². The van der Waals surface area contributed by atoms with Crippen molar-refractivity contribution in [3.8, 4) is 5.75 Å². The Morgan fingerprint density at radius 1 is 1.42 bits per heavy atom. The average molecular weight is 179 g/mol. The summed E-state index contributed by atoms with van der Waals surface area (Å²) in [7, 11) is 0. The number of hydrogen-bond donors (Lipinski definition) is 2. The van der Waals surface area contributed by atoms with Gasteiger partial charge in [0.2, 0.25) is 0 Å². The lowest BCUT2D eigenvalue weighted by Gasteiger charge is -1.94. The highest BCUT2D eigenvalue weighted by atomic mass is 32.1. The summed E-state index contributed by atoms with van der Waals surface area (Å²) in [5, 5.41) is 12.3. The maximum absolute atomic E-state index is 9.23. The molecule has 0 bridgehead atoms. The van der Waals surface area contributed by atoms with E-state index in [4.69, 9.17) is 5.73 Å². The Bertz CT molecular complexity index is 408. The first-order chi connectivity index (χ1) is 5.81. The number of benzene rings is 1. The van der Waals surface area contributed by atoms with Gasteiger partial charge in [0.05, 0.1) is 0 Å². The molecule has 1 aromatic heterocycles. The van der Waals surface area contributed by atoms with Crippen molar-refractivity contribution in [1.29, 1.82) is 0 Å². The fourth-order valence-corrected chi connectivity index (χ4v) is 2.18. The maximum Gasteiger partial charge on any atom is 0.116 e. The molecule has 0 amide bonds. The lowest BCUT2D eigenvalue weighted by atomic mass is 10.2. The summed E-state index contributed by atoms with van der Waals surface area (Å²) >= 11 is 1.66. The van der Waals surface area contributed by atoms with Crippen LogP contribution >= 0.6 is 11.3 Å². The van der Waals surface area contributed by atoms with Crippen LogP contribution in [0.2, 0.25) is 0 Å². The molecule has 62 valence electrons. The molecule has 0 aliphatic carbocycles. The minimum atomic E-state index is 0.301. The molecule has 0 fully saturated rings. The fourth-order valence-electron chi connectivity index (χ4n) is 1.23. The van der Waals surface area contributed by atoms with Gasteiger partial charge >= 0.3 is 0 Å². The van der Waals surface area contributed by atoms with E-state index >= 15 is 0 Å². The van der Waals surface area contributed by atoms with Crippen molar-refractivity contribution in [3.05, 3.63) is 29.1 Å². The number of nitrogens with two attached hydrogens (primary N) is 1. The summed E-state index contributed by atoms with van der Waals surface area (Å²) in [6.45, 7) is 0.531. The van der Waals surface area contributed by atoms with Crippen molar-refractivity contribution in [2.24, 2.45) is 5.73 Å². The molecule has 2 nitrogen and oxygen atoms in total. The number of phenolic OH excluding ortho intramolecular Hbond substituents is 1. The first kappa shape index (κ1) is 7.58. The molecule has 0 spiro atoms. The Hall–Kier alpha value is -1.06. The van der Waals surface area contributed by atoms with E-state index in [1.165, 1.54) is 4.70 Å². The number of hydrogen-bond acceptors (Lipinski definition) is 3. The third-order valence-corrected chi connectivity index (χ3v) is 2.87. The Morgan fingerprint density at radius 2 is 2.25 bits per heavy atom. The smallest absolute Gasteiger partial charge is 0.116 e. The van der Waals surface area contributed by atoms with E-state index in [9.17, 15) is 5.11 Å². The number of phenols is 1. The van der Waals surface area contributed by atoms with Crippen LogP contribution in [0.4, 0.5) is 0 Å². The summed E-state index contributed by atoms with van der Waals surface area (Å²) in [5.41, 5.74) is 6.64. The van der Waals surface area contributed by atoms with Gasteiger partial charge in [-0.25, -0.2) is 0 Å². The van der Waals surface area contributed by atoms with Gasteiger partial charge in [-0.3, -0.25) is 0 Å². The largest absolute Gasteiger partial charge is 0.508 e. The molecule has 3 N–H and O–H groups in total. The van der Waals surface area contributed by atoms with E-state index in [1.54, 1.807) is 23.5 Å². The van der Waals surface area contributed by atoms with Crippen molar-refractivity contribution >= 4 is 21.4 Å². The predicted octanol–water partition coefficient (Wildman–Crippen LogP) is 2.07. The summed E-state index contributed by atoms with van der Waals surface area (Å²) < 4.78 is 1.17. The van der Waals surface area contributed by atoms with Crippen molar-refractivity contribution in [2.75, 3.05) is 0 Å². The minimum absolute atomic E-state index is 0.301. The summed E-state index contributed by atoms with van der Waals surface area (Å²) in [4.78, 5) is 0. The Kier molecular flexibility index (Phi) is 1.75. The molecule has 1 aromatic carbocycles.